The fraction of sp³-hybridized carbons (Fsp3) is 0.950. The monoisotopic (exact) mass is 327 g/mol. The van der Waals surface area contributed by atoms with E-state index in [1.165, 1.54) is 88.5 Å². The normalized spacial score (nSPS) is 11.1. The first kappa shape index (κ1) is 22.4. The van der Waals surface area contributed by atoms with Crippen LogP contribution in [0.1, 0.15) is 110 Å². The van der Waals surface area contributed by atoms with Crippen LogP contribution in [0.25, 0.3) is 0 Å². The van der Waals surface area contributed by atoms with Gasteiger partial charge >= 0.3 is 5.97 Å². The van der Waals surface area contributed by atoms with Crippen LogP contribution in [0.2, 0.25) is 0 Å². The fourth-order valence-electron chi connectivity index (χ4n) is 2.89. The lowest BCUT2D eigenvalue weighted by Crippen LogP contribution is -2.18. The van der Waals surface area contributed by atoms with Crippen LogP contribution in [0.15, 0.2) is 0 Å². The van der Waals surface area contributed by atoms with Crippen molar-refractivity contribution in [3.63, 3.8) is 0 Å². The topological polar surface area (TPSA) is 29.5 Å². The Labute approximate surface area is 145 Å². The second-order valence-electron chi connectivity index (χ2n) is 6.98. The fourth-order valence-corrected chi connectivity index (χ4v) is 2.89. The number of rotatable bonds is 17. The predicted molar refractivity (Wildman–Crippen MR) is 99.3 cm³/mol. The van der Waals surface area contributed by atoms with Gasteiger partial charge in [-0.25, -0.2) is 0 Å². The van der Waals surface area contributed by atoms with Gasteiger partial charge in [-0.05, 0) is 6.42 Å². The van der Waals surface area contributed by atoms with E-state index in [-0.39, 0.29) is 5.97 Å². The van der Waals surface area contributed by atoms with E-state index in [1.54, 1.807) is 14.1 Å². The summed E-state index contributed by atoms with van der Waals surface area (Å²) in [4.78, 5) is 16.3. The molecule has 3 nitrogen and oxygen atoms in total. The summed E-state index contributed by atoms with van der Waals surface area (Å²) in [6, 6.07) is 0. The van der Waals surface area contributed by atoms with Gasteiger partial charge in [0.05, 0.1) is 0 Å². The summed E-state index contributed by atoms with van der Waals surface area (Å²) in [5, 5.41) is 1.47. The number of carbonyl (C=O) groups excluding carboxylic acids is 1. The second-order valence-corrected chi connectivity index (χ2v) is 6.98. The van der Waals surface area contributed by atoms with E-state index in [2.05, 4.69) is 6.92 Å². The van der Waals surface area contributed by atoms with Crippen LogP contribution >= 0.6 is 0 Å². The lowest BCUT2D eigenvalue weighted by molar-refractivity contribution is -0.178. The Morgan fingerprint density at radius 1 is 0.652 bits per heavy atom. The molecule has 138 valence electrons. The van der Waals surface area contributed by atoms with Crippen molar-refractivity contribution in [3.05, 3.63) is 0 Å². The van der Waals surface area contributed by atoms with Gasteiger partial charge in [0.25, 0.3) is 0 Å². The molecular weight excluding hydrogens is 286 g/mol. The maximum absolute atomic E-state index is 11.3. The minimum Gasteiger partial charge on any atom is -0.369 e. The number of nitrogens with zero attached hydrogens (tertiary/aromatic N) is 1. The molecule has 23 heavy (non-hydrogen) atoms. The molecule has 0 aliphatic heterocycles. The van der Waals surface area contributed by atoms with E-state index in [0.29, 0.717) is 6.42 Å². The molecular formula is C20H41NO2. The van der Waals surface area contributed by atoms with E-state index in [0.717, 1.165) is 12.8 Å². The third kappa shape index (κ3) is 19.4. The highest BCUT2D eigenvalue weighted by molar-refractivity contribution is 5.68. The van der Waals surface area contributed by atoms with Crippen molar-refractivity contribution in [2.75, 3.05) is 14.1 Å². The first-order valence-corrected chi connectivity index (χ1v) is 10.0. The van der Waals surface area contributed by atoms with Gasteiger partial charge in [0.15, 0.2) is 0 Å². The molecule has 0 aromatic rings. The Morgan fingerprint density at radius 2 is 1.00 bits per heavy atom. The van der Waals surface area contributed by atoms with Gasteiger partial charge in [-0.1, -0.05) is 96.8 Å². The maximum atomic E-state index is 11.3. The summed E-state index contributed by atoms with van der Waals surface area (Å²) in [5.41, 5.74) is 0. The summed E-state index contributed by atoms with van der Waals surface area (Å²) >= 11 is 0. The van der Waals surface area contributed by atoms with Crippen molar-refractivity contribution in [1.29, 1.82) is 0 Å². The molecule has 0 saturated heterocycles. The second kappa shape index (κ2) is 17.8. The molecule has 0 aromatic heterocycles. The summed E-state index contributed by atoms with van der Waals surface area (Å²) in [6.45, 7) is 2.28. The van der Waals surface area contributed by atoms with E-state index in [4.69, 9.17) is 4.84 Å². The molecule has 0 atom stereocenters. The number of unbranched alkanes of at least 4 members (excludes halogenated alkanes) is 14. The quantitative estimate of drug-likeness (QED) is 0.233. The summed E-state index contributed by atoms with van der Waals surface area (Å²) in [7, 11) is 3.48. The number of hydrogen-bond acceptors (Lipinski definition) is 3. The van der Waals surface area contributed by atoms with E-state index < -0.39 is 0 Å². The lowest BCUT2D eigenvalue weighted by Gasteiger charge is -2.09. The smallest absolute Gasteiger partial charge is 0.325 e. The van der Waals surface area contributed by atoms with Gasteiger partial charge < -0.3 is 4.84 Å². The standard InChI is InChI=1S/C20H41NO2/c1-4-5-6-7-8-9-10-11-12-13-14-15-16-17-18-19-20(22)23-21(2)3/h4-19H2,1-3H3. The average Bonchev–Trinajstić information content (AvgIpc) is 2.50. The molecule has 0 aromatic carbocycles. The van der Waals surface area contributed by atoms with Crippen LogP contribution in [0.4, 0.5) is 0 Å². The van der Waals surface area contributed by atoms with Crippen LogP contribution in [-0.2, 0) is 9.63 Å². The molecule has 0 N–H and O–H groups in total. The zero-order valence-electron chi connectivity index (χ0n) is 16.1. The molecule has 0 aliphatic rings. The largest absolute Gasteiger partial charge is 0.369 e. The summed E-state index contributed by atoms with van der Waals surface area (Å²) < 4.78 is 0. The molecule has 0 saturated carbocycles. The van der Waals surface area contributed by atoms with Gasteiger partial charge in [0.2, 0.25) is 0 Å². The van der Waals surface area contributed by atoms with Gasteiger partial charge in [-0.3, -0.25) is 4.79 Å². The van der Waals surface area contributed by atoms with Crippen molar-refractivity contribution in [1.82, 2.24) is 5.06 Å². The van der Waals surface area contributed by atoms with Gasteiger partial charge in [-0.15, -0.1) is 5.06 Å². The minimum absolute atomic E-state index is 0.107. The van der Waals surface area contributed by atoms with E-state index in [1.807, 2.05) is 0 Å². The molecule has 0 unspecified atom stereocenters. The molecule has 0 fully saturated rings. The third-order valence-electron chi connectivity index (χ3n) is 4.27. The number of hydroxylamine groups is 2. The Balaban J connectivity index is 3.06. The van der Waals surface area contributed by atoms with Gasteiger partial charge in [0.1, 0.15) is 0 Å². The highest BCUT2D eigenvalue weighted by Gasteiger charge is 2.03. The molecule has 0 rings (SSSR count). The number of hydrogen-bond donors (Lipinski definition) is 0. The first-order valence-electron chi connectivity index (χ1n) is 10.0. The van der Waals surface area contributed by atoms with Crippen molar-refractivity contribution >= 4 is 5.97 Å². The van der Waals surface area contributed by atoms with Crippen LogP contribution in [0, 0.1) is 0 Å². The first-order chi connectivity index (χ1) is 11.2. The van der Waals surface area contributed by atoms with Crippen LogP contribution in [-0.4, -0.2) is 25.1 Å². The molecule has 0 heterocycles. The lowest BCUT2D eigenvalue weighted by atomic mass is 10.0. The molecule has 0 radical (unpaired) electrons. The highest BCUT2D eigenvalue weighted by atomic mass is 16.7. The Hall–Kier alpha value is -0.570. The molecule has 0 bridgehead atoms. The molecule has 0 aliphatic carbocycles. The van der Waals surface area contributed by atoms with Crippen molar-refractivity contribution < 1.29 is 9.63 Å². The van der Waals surface area contributed by atoms with E-state index >= 15 is 0 Å². The zero-order valence-corrected chi connectivity index (χ0v) is 16.1. The Morgan fingerprint density at radius 3 is 1.35 bits per heavy atom. The maximum Gasteiger partial charge on any atom is 0.325 e. The minimum atomic E-state index is -0.107. The summed E-state index contributed by atoms with van der Waals surface area (Å²) in [5.74, 6) is -0.107. The Bertz CT molecular complexity index is 254. The average molecular weight is 328 g/mol. The van der Waals surface area contributed by atoms with E-state index in [9.17, 15) is 4.79 Å². The Kier molecular flexibility index (Phi) is 17.3. The zero-order chi connectivity index (χ0) is 17.2. The molecule has 3 heteroatoms. The third-order valence-corrected chi connectivity index (χ3v) is 4.27. The van der Waals surface area contributed by atoms with Crippen molar-refractivity contribution in [2.45, 2.75) is 110 Å². The van der Waals surface area contributed by atoms with Gasteiger partial charge in [-0.2, -0.15) is 0 Å². The highest BCUT2D eigenvalue weighted by Crippen LogP contribution is 2.13. The van der Waals surface area contributed by atoms with Crippen LogP contribution < -0.4 is 0 Å². The van der Waals surface area contributed by atoms with Crippen molar-refractivity contribution in [3.8, 4) is 0 Å². The van der Waals surface area contributed by atoms with Gasteiger partial charge in [0, 0.05) is 20.5 Å². The van der Waals surface area contributed by atoms with Crippen LogP contribution in [0.3, 0.4) is 0 Å². The summed E-state index contributed by atoms with van der Waals surface area (Å²) in [6.07, 6.45) is 20.8. The molecule has 0 amide bonds. The van der Waals surface area contributed by atoms with Crippen molar-refractivity contribution in [2.24, 2.45) is 0 Å². The SMILES string of the molecule is CCCCCCCCCCCCCCCCCC(=O)ON(C)C. The van der Waals surface area contributed by atoms with Crippen LogP contribution in [0.5, 0.6) is 0 Å². The predicted octanol–water partition coefficient (Wildman–Crippen LogP) is 6.27. The molecule has 0 spiro atoms. The number of carbonyl (C=O) groups is 1.